The minimum atomic E-state index is 0.274. The lowest BCUT2D eigenvalue weighted by Gasteiger charge is -2.48. The van der Waals surface area contributed by atoms with Crippen molar-refractivity contribution in [3.05, 3.63) is 54.6 Å². The van der Waals surface area contributed by atoms with Crippen LogP contribution >= 0.6 is 0 Å². The summed E-state index contributed by atoms with van der Waals surface area (Å²) in [5.74, 6) is 0.315. The standard InChI is InChI=1S/C21H28N4O/c26-20-7-9-21(17-25(20)15-19-5-2-1-3-6-19)8-4-11-23(16-21)13-14-24-12-10-22-18-24/h1-3,5-6,10,12,18H,4,7-9,11,13-17H2. The fourth-order valence-electron chi connectivity index (χ4n) is 4.56. The summed E-state index contributed by atoms with van der Waals surface area (Å²) in [4.78, 5) is 21.3. The van der Waals surface area contributed by atoms with Crippen LogP contribution in [-0.2, 0) is 17.9 Å². The van der Waals surface area contributed by atoms with E-state index in [4.69, 9.17) is 0 Å². The van der Waals surface area contributed by atoms with Gasteiger partial charge in [-0.15, -0.1) is 0 Å². The number of likely N-dealkylation sites (tertiary alicyclic amines) is 2. The van der Waals surface area contributed by atoms with E-state index in [1.165, 1.54) is 24.9 Å². The molecule has 2 aromatic rings. The number of carbonyl (C=O) groups excluding carboxylic acids is 1. The van der Waals surface area contributed by atoms with Crippen LogP contribution in [0.2, 0.25) is 0 Å². The summed E-state index contributed by atoms with van der Waals surface area (Å²) in [6, 6.07) is 10.4. The number of aromatic nitrogens is 2. The Labute approximate surface area is 155 Å². The molecule has 1 aromatic heterocycles. The average molecular weight is 352 g/mol. The molecule has 3 heterocycles. The maximum absolute atomic E-state index is 12.5. The highest BCUT2D eigenvalue weighted by Gasteiger charge is 2.41. The Morgan fingerprint density at radius 2 is 1.96 bits per heavy atom. The topological polar surface area (TPSA) is 41.4 Å². The first-order chi connectivity index (χ1) is 12.7. The van der Waals surface area contributed by atoms with Crippen LogP contribution in [0.4, 0.5) is 0 Å². The third-order valence-electron chi connectivity index (χ3n) is 5.94. The smallest absolute Gasteiger partial charge is 0.222 e. The van der Waals surface area contributed by atoms with Gasteiger partial charge in [0.05, 0.1) is 6.33 Å². The third-order valence-corrected chi connectivity index (χ3v) is 5.94. The van der Waals surface area contributed by atoms with Gasteiger partial charge < -0.3 is 14.4 Å². The molecule has 26 heavy (non-hydrogen) atoms. The molecule has 0 radical (unpaired) electrons. The second-order valence-corrected chi connectivity index (χ2v) is 7.92. The molecule has 1 unspecified atom stereocenters. The van der Waals surface area contributed by atoms with E-state index < -0.39 is 0 Å². The Morgan fingerprint density at radius 3 is 2.77 bits per heavy atom. The molecule has 1 spiro atoms. The van der Waals surface area contributed by atoms with Gasteiger partial charge in [-0.2, -0.15) is 0 Å². The first-order valence-corrected chi connectivity index (χ1v) is 9.72. The van der Waals surface area contributed by atoms with Crippen LogP contribution in [-0.4, -0.2) is 51.4 Å². The summed E-state index contributed by atoms with van der Waals surface area (Å²) in [7, 11) is 0. The van der Waals surface area contributed by atoms with Gasteiger partial charge in [-0.25, -0.2) is 4.98 Å². The van der Waals surface area contributed by atoms with E-state index in [0.29, 0.717) is 12.3 Å². The van der Waals surface area contributed by atoms with E-state index in [9.17, 15) is 4.79 Å². The molecule has 1 aromatic carbocycles. The molecule has 138 valence electrons. The van der Waals surface area contributed by atoms with E-state index in [1.807, 2.05) is 24.8 Å². The van der Waals surface area contributed by atoms with Crippen molar-refractivity contribution < 1.29 is 4.79 Å². The van der Waals surface area contributed by atoms with Crippen molar-refractivity contribution in [2.24, 2.45) is 5.41 Å². The lowest BCUT2D eigenvalue weighted by atomic mass is 9.73. The van der Waals surface area contributed by atoms with Crippen LogP contribution < -0.4 is 0 Å². The van der Waals surface area contributed by atoms with E-state index in [-0.39, 0.29) is 5.41 Å². The number of benzene rings is 1. The molecule has 2 fully saturated rings. The predicted octanol–water partition coefficient (Wildman–Crippen LogP) is 2.79. The maximum Gasteiger partial charge on any atom is 0.222 e. The Balaban J connectivity index is 1.39. The molecule has 5 heteroatoms. The summed E-state index contributed by atoms with van der Waals surface area (Å²) >= 11 is 0. The lowest BCUT2D eigenvalue weighted by Crippen LogP contribution is -2.54. The number of hydrogen-bond acceptors (Lipinski definition) is 3. The number of hydrogen-bond donors (Lipinski definition) is 0. The SMILES string of the molecule is O=C1CCC2(CCCN(CCn3ccnc3)C2)CN1Cc1ccccc1. The molecule has 0 saturated carbocycles. The second kappa shape index (κ2) is 7.62. The van der Waals surface area contributed by atoms with E-state index in [2.05, 4.69) is 43.6 Å². The van der Waals surface area contributed by atoms with Gasteiger partial charge in [0.25, 0.3) is 0 Å². The number of nitrogens with zero attached hydrogens (tertiary/aromatic N) is 4. The van der Waals surface area contributed by atoms with Gasteiger partial charge in [-0.05, 0) is 31.4 Å². The zero-order valence-electron chi connectivity index (χ0n) is 15.4. The molecule has 5 nitrogen and oxygen atoms in total. The van der Waals surface area contributed by atoms with E-state index in [1.54, 1.807) is 0 Å². The molecular weight excluding hydrogens is 324 g/mol. The summed E-state index contributed by atoms with van der Waals surface area (Å²) in [5, 5.41) is 0. The molecule has 0 bridgehead atoms. The molecule has 0 N–H and O–H groups in total. The van der Waals surface area contributed by atoms with Crippen molar-refractivity contribution >= 4 is 5.91 Å². The number of carbonyl (C=O) groups is 1. The van der Waals surface area contributed by atoms with Crippen molar-refractivity contribution in [2.75, 3.05) is 26.2 Å². The highest BCUT2D eigenvalue weighted by Crippen LogP contribution is 2.39. The summed E-state index contributed by atoms with van der Waals surface area (Å²) in [5.41, 5.74) is 1.50. The fraction of sp³-hybridized carbons (Fsp3) is 0.524. The minimum absolute atomic E-state index is 0.274. The van der Waals surface area contributed by atoms with Crippen LogP contribution in [0.1, 0.15) is 31.2 Å². The summed E-state index contributed by atoms with van der Waals surface area (Å²) < 4.78 is 2.15. The highest BCUT2D eigenvalue weighted by atomic mass is 16.2. The van der Waals surface area contributed by atoms with Crippen LogP contribution in [0.3, 0.4) is 0 Å². The van der Waals surface area contributed by atoms with Crippen LogP contribution in [0.5, 0.6) is 0 Å². The lowest BCUT2D eigenvalue weighted by molar-refractivity contribution is -0.140. The van der Waals surface area contributed by atoms with Crippen molar-refractivity contribution in [3.63, 3.8) is 0 Å². The molecule has 4 rings (SSSR count). The third kappa shape index (κ3) is 3.98. The first kappa shape index (κ1) is 17.3. The average Bonchev–Trinajstić information content (AvgIpc) is 3.18. The van der Waals surface area contributed by atoms with Crippen molar-refractivity contribution in [1.82, 2.24) is 19.4 Å². The summed E-state index contributed by atoms with van der Waals surface area (Å²) in [6.45, 7) is 5.98. The van der Waals surface area contributed by atoms with Gasteiger partial charge in [-0.1, -0.05) is 30.3 Å². The monoisotopic (exact) mass is 352 g/mol. The molecule has 1 amide bonds. The molecule has 1 atom stereocenters. The minimum Gasteiger partial charge on any atom is -0.338 e. The Hall–Kier alpha value is -2.14. The molecule has 2 saturated heterocycles. The van der Waals surface area contributed by atoms with Gasteiger partial charge >= 0.3 is 0 Å². The number of imidazole rings is 1. The Bertz CT molecular complexity index is 715. The van der Waals surface area contributed by atoms with Gasteiger partial charge in [0, 0.05) is 57.0 Å². The van der Waals surface area contributed by atoms with Crippen molar-refractivity contribution in [2.45, 2.75) is 38.8 Å². The van der Waals surface area contributed by atoms with Gasteiger partial charge in [-0.3, -0.25) is 4.79 Å². The predicted molar refractivity (Wildman–Crippen MR) is 101 cm³/mol. The largest absolute Gasteiger partial charge is 0.338 e. The Kier molecular flexibility index (Phi) is 5.07. The van der Waals surface area contributed by atoms with Gasteiger partial charge in [0.2, 0.25) is 5.91 Å². The Morgan fingerprint density at radius 1 is 1.08 bits per heavy atom. The quantitative estimate of drug-likeness (QED) is 0.831. The van der Waals surface area contributed by atoms with Crippen LogP contribution in [0.25, 0.3) is 0 Å². The summed E-state index contributed by atoms with van der Waals surface area (Å²) in [6.07, 6.45) is 9.97. The van der Waals surface area contributed by atoms with E-state index in [0.717, 1.165) is 39.1 Å². The normalized spacial score (nSPS) is 24.3. The molecule has 2 aliphatic rings. The zero-order valence-corrected chi connectivity index (χ0v) is 15.4. The zero-order chi connectivity index (χ0) is 17.8. The number of amides is 1. The second-order valence-electron chi connectivity index (χ2n) is 7.92. The van der Waals surface area contributed by atoms with Gasteiger partial charge in [0.15, 0.2) is 0 Å². The van der Waals surface area contributed by atoms with Crippen LogP contribution in [0, 0.1) is 5.41 Å². The molecule has 2 aliphatic heterocycles. The van der Waals surface area contributed by atoms with Gasteiger partial charge in [0.1, 0.15) is 0 Å². The molecule has 0 aliphatic carbocycles. The number of piperidine rings is 2. The fourth-order valence-corrected chi connectivity index (χ4v) is 4.56. The number of rotatable bonds is 5. The first-order valence-electron chi connectivity index (χ1n) is 9.72. The highest BCUT2D eigenvalue weighted by molar-refractivity contribution is 5.77. The van der Waals surface area contributed by atoms with Crippen molar-refractivity contribution in [3.8, 4) is 0 Å². The maximum atomic E-state index is 12.5. The van der Waals surface area contributed by atoms with Crippen molar-refractivity contribution in [1.29, 1.82) is 0 Å². The van der Waals surface area contributed by atoms with Crippen LogP contribution in [0.15, 0.2) is 49.1 Å². The van der Waals surface area contributed by atoms with E-state index >= 15 is 0 Å². The molecular formula is C21H28N4O.